The summed E-state index contributed by atoms with van der Waals surface area (Å²) in [7, 11) is -3.81. The number of benzene rings is 1. The fraction of sp³-hybridized carbons (Fsp3) is 0.333. The fourth-order valence-electron chi connectivity index (χ4n) is 1.99. The molecule has 3 N–H and O–H groups in total. The predicted octanol–water partition coefficient (Wildman–Crippen LogP) is 1.26. The standard InChI is InChI=1S/C9H10ClFN2O2S/c10-6-2-3-7(11)5-1-4-8(9(5)6)13-16(12,14)15/h2-3,8,13H,1,4H2,(H2,12,14,15). The molecule has 0 radical (unpaired) electrons. The van der Waals surface area contributed by atoms with Crippen LogP contribution in [0.25, 0.3) is 0 Å². The summed E-state index contributed by atoms with van der Waals surface area (Å²) in [6.07, 6.45) is 0.918. The number of rotatable bonds is 2. The van der Waals surface area contributed by atoms with Gasteiger partial charge in [-0.3, -0.25) is 0 Å². The Bertz CT molecular complexity index is 533. The van der Waals surface area contributed by atoms with Crippen molar-refractivity contribution in [3.8, 4) is 0 Å². The third-order valence-corrected chi connectivity index (χ3v) is 3.53. The van der Waals surface area contributed by atoms with E-state index in [9.17, 15) is 12.8 Å². The van der Waals surface area contributed by atoms with Gasteiger partial charge >= 0.3 is 0 Å². The summed E-state index contributed by atoms with van der Waals surface area (Å²) in [5, 5.41) is 5.24. The lowest BCUT2D eigenvalue weighted by Gasteiger charge is -2.13. The number of hydrogen-bond acceptors (Lipinski definition) is 2. The molecule has 2 rings (SSSR count). The Morgan fingerprint density at radius 2 is 2.19 bits per heavy atom. The summed E-state index contributed by atoms with van der Waals surface area (Å²) >= 11 is 5.92. The molecule has 1 aliphatic carbocycles. The summed E-state index contributed by atoms with van der Waals surface area (Å²) in [6.45, 7) is 0. The second-order valence-corrected chi connectivity index (χ2v) is 5.41. The van der Waals surface area contributed by atoms with E-state index in [1.165, 1.54) is 12.1 Å². The van der Waals surface area contributed by atoms with Crippen molar-refractivity contribution < 1.29 is 12.8 Å². The largest absolute Gasteiger partial charge is 0.274 e. The van der Waals surface area contributed by atoms with Gasteiger partial charge in [0.05, 0.1) is 6.04 Å². The molecular formula is C9H10ClFN2O2S. The van der Waals surface area contributed by atoms with Gasteiger partial charge in [0.25, 0.3) is 10.2 Å². The van der Waals surface area contributed by atoms with E-state index in [1.807, 2.05) is 0 Å². The van der Waals surface area contributed by atoms with E-state index in [4.69, 9.17) is 16.7 Å². The molecule has 0 bridgehead atoms. The summed E-state index contributed by atoms with van der Waals surface area (Å²) in [6, 6.07) is 2.16. The molecule has 1 unspecified atom stereocenters. The maximum absolute atomic E-state index is 13.4. The van der Waals surface area contributed by atoms with Crippen LogP contribution in [-0.2, 0) is 16.6 Å². The summed E-state index contributed by atoms with van der Waals surface area (Å²) < 4.78 is 37.5. The summed E-state index contributed by atoms with van der Waals surface area (Å²) in [5.41, 5.74) is 0.962. The lowest BCUT2D eigenvalue weighted by atomic mass is 10.1. The van der Waals surface area contributed by atoms with Crippen LogP contribution in [0, 0.1) is 5.82 Å². The molecule has 88 valence electrons. The van der Waals surface area contributed by atoms with E-state index in [0.29, 0.717) is 29.0 Å². The van der Waals surface area contributed by atoms with Gasteiger partial charge in [0.15, 0.2) is 0 Å². The fourth-order valence-corrected chi connectivity index (χ4v) is 2.93. The summed E-state index contributed by atoms with van der Waals surface area (Å²) in [4.78, 5) is 0. The van der Waals surface area contributed by atoms with E-state index >= 15 is 0 Å². The minimum absolute atomic E-state index is 0.357. The zero-order valence-electron chi connectivity index (χ0n) is 8.20. The Morgan fingerprint density at radius 1 is 1.50 bits per heavy atom. The molecule has 7 heteroatoms. The molecule has 0 saturated carbocycles. The first-order chi connectivity index (χ1) is 7.38. The van der Waals surface area contributed by atoms with E-state index in [-0.39, 0.29) is 5.82 Å². The molecule has 1 aromatic rings. The average Bonchev–Trinajstić information content (AvgIpc) is 2.54. The molecule has 0 amide bonds. The van der Waals surface area contributed by atoms with Crippen LogP contribution in [-0.4, -0.2) is 8.42 Å². The maximum Gasteiger partial charge on any atom is 0.274 e. The van der Waals surface area contributed by atoms with Crippen molar-refractivity contribution >= 4 is 21.8 Å². The molecule has 0 fully saturated rings. The molecule has 4 nitrogen and oxygen atoms in total. The molecule has 0 heterocycles. The number of fused-ring (bicyclic) bond motifs is 1. The normalized spacial score (nSPS) is 19.8. The van der Waals surface area contributed by atoms with E-state index in [2.05, 4.69) is 4.72 Å². The van der Waals surface area contributed by atoms with Gasteiger partial charge in [0.1, 0.15) is 5.82 Å². The third kappa shape index (κ3) is 2.20. The van der Waals surface area contributed by atoms with Crippen LogP contribution in [0.3, 0.4) is 0 Å². The monoisotopic (exact) mass is 264 g/mol. The second kappa shape index (κ2) is 3.96. The zero-order chi connectivity index (χ0) is 11.9. The van der Waals surface area contributed by atoms with Crippen molar-refractivity contribution in [3.63, 3.8) is 0 Å². The number of hydrogen-bond donors (Lipinski definition) is 2. The summed E-state index contributed by atoms with van der Waals surface area (Å²) in [5.74, 6) is -0.363. The van der Waals surface area contributed by atoms with Crippen LogP contribution < -0.4 is 9.86 Å². The first-order valence-corrected chi connectivity index (χ1v) is 6.58. The number of nitrogens with two attached hydrogens (primary N) is 1. The molecule has 1 atom stereocenters. The van der Waals surface area contributed by atoms with Crippen LogP contribution in [0.4, 0.5) is 4.39 Å². The predicted molar refractivity (Wildman–Crippen MR) is 58.7 cm³/mol. The minimum atomic E-state index is -3.81. The molecule has 0 aliphatic heterocycles. The van der Waals surface area contributed by atoms with Crippen LogP contribution in [0.15, 0.2) is 12.1 Å². The van der Waals surface area contributed by atoms with E-state index in [0.717, 1.165) is 0 Å². The van der Waals surface area contributed by atoms with Crippen molar-refractivity contribution in [3.05, 3.63) is 34.1 Å². The highest BCUT2D eigenvalue weighted by Gasteiger charge is 2.29. The van der Waals surface area contributed by atoms with E-state index in [1.54, 1.807) is 0 Å². The highest BCUT2D eigenvalue weighted by molar-refractivity contribution is 7.87. The van der Waals surface area contributed by atoms with Gasteiger partial charge in [0.2, 0.25) is 0 Å². The molecule has 1 aromatic carbocycles. The Morgan fingerprint density at radius 3 is 2.81 bits per heavy atom. The Hall–Kier alpha value is -0.690. The lowest BCUT2D eigenvalue weighted by molar-refractivity contribution is 0.556. The van der Waals surface area contributed by atoms with Crippen molar-refractivity contribution in [1.82, 2.24) is 4.72 Å². The smallest absolute Gasteiger partial charge is 0.216 e. The van der Waals surface area contributed by atoms with Gasteiger partial charge in [-0.1, -0.05) is 11.6 Å². The molecule has 1 aliphatic rings. The first-order valence-electron chi connectivity index (χ1n) is 4.65. The molecular weight excluding hydrogens is 255 g/mol. The van der Waals surface area contributed by atoms with Gasteiger partial charge in [-0.15, -0.1) is 0 Å². The van der Waals surface area contributed by atoms with Crippen molar-refractivity contribution in [2.24, 2.45) is 5.14 Å². The topological polar surface area (TPSA) is 72.2 Å². The SMILES string of the molecule is NS(=O)(=O)NC1CCc2c(F)ccc(Cl)c21. The van der Waals surface area contributed by atoms with E-state index < -0.39 is 16.3 Å². The highest BCUT2D eigenvalue weighted by Crippen LogP contribution is 2.37. The zero-order valence-corrected chi connectivity index (χ0v) is 9.78. The minimum Gasteiger partial charge on any atom is -0.216 e. The Balaban J connectivity index is 2.43. The van der Waals surface area contributed by atoms with Crippen LogP contribution in [0.2, 0.25) is 5.02 Å². The Kier molecular flexibility index (Phi) is 2.91. The molecule has 0 spiro atoms. The van der Waals surface area contributed by atoms with Crippen molar-refractivity contribution in [1.29, 1.82) is 0 Å². The maximum atomic E-state index is 13.4. The average molecular weight is 265 g/mol. The van der Waals surface area contributed by atoms with Gasteiger partial charge in [-0.05, 0) is 36.1 Å². The van der Waals surface area contributed by atoms with Crippen LogP contribution in [0.1, 0.15) is 23.6 Å². The van der Waals surface area contributed by atoms with Gasteiger partial charge < -0.3 is 0 Å². The Labute approximate surface area is 97.8 Å². The number of halogens is 2. The quantitative estimate of drug-likeness (QED) is 0.844. The van der Waals surface area contributed by atoms with Crippen molar-refractivity contribution in [2.75, 3.05) is 0 Å². The molecule has 16 heavy (non-hydrogen) atoms. The van der Waals surface area contributed by atoms with Crippen LogP contribution in [0.5, 0.6) is 0 Å². The molecule has 0 aromatic heterocycles. The van der Waals surface area contributed by atoms with Gasteiger partial charge in [-0.25, -0.2) is 9.53 Å². The van der Waals surface area contributed by atoms with Gasteiger partial charge in [0, 0.05) is 5.02 Å². The van der Waals surface area contributed by atoms with Crippen molar-refractivity contribution in [2.45, 2.75) is 18.9 Å². The third-order valence-electron chi connectivity index (χ3n) is 2.58. The van der Waals surface area contributed by atoms with Gasteiger partial charge in [-0.2, -0.15) is 13.1 Å². The second-order valence-electron chi connectivity index (χ2n) is 3.68. The first kappa shape index (κ1) is 11.8. The number of nitrogens with one attached hydrogen (secondary N) is 1. The lowest BCUT2D eigenvalue weighted by Crippen LogP contribution is -2.33. The van der Waals surface area contributed by atoms with Crippen LogP contribution >= 0.6 is 11.6 Å². The molecule has 0 saturated heterocycles. The highest BCUT2D eigenvalue weighted by atomic mass is 35.5.